The number of methoxy groups -OCH3 is 2. The normalized spacial score (nSPS) is 15.7. The second-order valence-electron chi connectivity index (χ2n) is 5.80. The van der Waals surface area contributed by atoms with E-state index in [0.717, 1.165) is 16.8 Å². The van der Waals surface area contributed by atoms with Gasteiger partial charge in [0.25, 0.3) is 0 Å². The fourth-order valence-corrected chi connectivity index (χ4v) is 3.01. The van der Waals surface area contributed by atoms with Crippen molar-refractivity contribution in [2.45, 2.75) is 6.04 Å². The molecule has 0 saturated heterocycles. The van der Waals surface area contributed by atoms with E-state index >= 15 is 0 Å². The zero-order valence-corrected chi connectivity index (χ0v) is 14.3. The molecule has 2 aromatic carbocycles. The Hall–Kier alpha value is -3.35. The summed E-state index contributed by atoms with van der Waals surface area (Å²) >= 11 is 0. The minimum Gasteiger partial charge on any atom is -0.497 e. The van der Waals surface area contributed by atoms with Crippen LogP contribution in [-0.2, 0) is 0 Å². The third-order valence-electron chi connectivity index (χ3n) is 4.32. The lowest BCUT2D eigenvalue weighted by Gasteiger charge is -2.25. The molecule has 7 heteroatoms. The van der Waals surface area contributed by atoms with E-state index < -0.39 is 0 Å². The van der Waals surface area contributed by atoms with Crippen molar-refractivity contribution in [2.24, 2.45) is 0 Å². The van der Waals surface area contributed by atoms with Crippen molar-refractivity contribution in [1.29, 1.82) is 0 Å². The molecule has 1 aromatic heterocycles. The third-order valence-corrected chi connectivity index (χ3v) is 4.32. The number of anilines is 1. The van der Waals surface area contributed by atoms with Gasteiger partial charge in [-0.3, -0.25) is 0 Å². The predicted molar refractivity (Wildman–Crippen MR) is 95.7 cm³/mol. The molecule has 6 nitrogen and oxygen atoms in total. The maximum absolute atomic E-state index is 13.3. The Morgan fingerprint density at radius 2 is 1.88 bits per heavy atom. The Bertz CT molecular complexity index is 966. The van der Waals surface area contributed by atoms with Crippen LogP contribution < -0.4 is 14.8 Å². The van der Waals surface area contributed by atoms with Gasteiger partial charge >= 0.3 is 0 Å². The quantitative estimate of drug-likeness (QED) is 0.779. The molecule has 0 fully saturated rings. The standard InChI is InChI=1S/C19H17FN4O2/c1-25-14-7-8-15(18(9-14)26-2)16-10-17(12-3-5-13(20)6-4-12)24-19(23-16)21-11-22-24/h3-11,17H,1-2H3,(H,21,22,23)/t17-/m0/s1. The molecule has 3 aromatic rings. The first kappa shape index (κ1) is 16.1. The Kier molecular flexibility index (Phi) is 4.04. The number of allylic oxidation sites excluding steroid dienone is 1. The van der Waals surface area contributed by atoms with Crippen LogP contribution in [0.25, 0.3) is 5.70 Å². The molecule has 4 rings (SSSR count). The van der Waals surface area contributed by atoms with Gasteiger partial charge in [-0.05, 0) is 35.9 Å². The van der Waals surface area contributed by atoms with Crippen LogP contribution in [0.3, 0.4) is 0 Å². The van der Waals surface area contributed by atoms with Crippen LogP contribution in [0.5, 0.6) is 11.5 Å². The molecule has 1 atom stereocenters. The lowest BCUT2D eigenvalue weighted by Crippen LogP contribution is -2.20. The van der Waals surface area contributed by atoms with Crippen molar-refractivity contribution >= 4 is 11.6 Å². The van der Waals surface area contributed by atoms with Gasteiger partial charge in [0.05, 0.1) is 19.9 Å². The summed E-state index contributed by atoms with van der Waals surface area (Å²) in [6.45, 7) is 0. The van der Waals surface area contributed by atoms with E-state index in [2.05, 4.69) is 15.4 Å². The number of ether oxygens (including phenoxy) is 2. The molecule has 1 aliphatic rings. The van der Waals surface area contributed by atoms with E-state index in [1.54, 1.807) is 31.0 Å². The van der Waals surface area contributed by atoms with Crippen LogP contribution in [0.4, 0.5) is 10.3 Å². The summed E-state index contributed by atoms with van der Waals surface area (Å²) in [4.78, 5) is 4.28. The Labute approximate surface area is 149 Å². The van der Waals surface area contributed by atoms with E-state index in [1.165, 1.54) is 18.5 Å². The van der Waals surface area contributed by atoms with Crippen molar-refractivity contribution in [3.63, 3.8) is 0 Å². The van der Waals surface area contributed by atoms with Crippen LogP contribution in [0.15, 0.2) is 54.9 Å². The molecule has 1 aliphatic heterocycles. The maximum Gasteiger partial charge on any atom is 0.226 e. The molecule has 1 N–H and O–H groups in total. The smallest absolute Gasteiger partial charge is 0.226 e. The minimum absolute atomic E-state index is 0.212. The minimum atomic E-state index is -0.275. The van der Waals surface area contributed by atoms with Gasteiger partial charge in [-0.25, -0.2) is 9.07 Å². The van der Waals surface area contributed by atoms with Crippen molar-refractivity contribution in [3.05, 3.63) is 71.8 Å². The number of fused-ring (bicyclic) bond motifs is 1. The average Bonchev–Trinajstić information content (AvgIpc) is 3.16. The first-order valence-electron chi connectivity index (χ1n) is 8.06. The summed E-state index contributed by atoms with van der Waals surface area (Å²) in [6, 6.07) is 11.8. The van der Waals surface area contributed by atoms with Gasteiger partial charge in [0, 0.05) is 11.6 Å². The number of nitrogens with one attached hydrogen (secondary N) is 1. The summed E-state index contributed by atoms with van der Waals surface area (Å²) < 4.78 is 25.8. The number of aromatic nitrogens is 3. The van der Waals surface area contributed by atoms with Gasteiger partial charge in [0.15, 0.2) is 0 Å². The number of nitrogens with zero attached hydrogens (tertiary/aromatic N) is 3. The Morgan fingerprint density at radius 3 is 2.62 bits per heavy atom. The average molecular weight is 352 g/mol. The molecule has 0 saturated carbocycles. The maximum atomic E-state index is 13.3. The molecular weight excluding hydrogens is 335 g/mol. The number of halogens is 1. The molecule has 0 amide bonds. The monoisotopic (exact) mass is 352 g/mol. The second-order valence-corrected chi connectivity index (χ2v) is 5.80. The fourth-order valence-electron chi connectivity index (χ4n) is 3.01. The van der Waals surface area contributed by atoms with E-state index in [9.17, 15) is 4.39 Å². The van der Waals surface area contributed by atoms with Crippen LogP contribution >= 0.6 is 0 Å². The third kappa shape index (κ3) is 2.77. The van der Waals surface area contributed by atoms with Gasteiger partial charge in [-0.15, -0.1) is 0 Å². The first-order valence-corrected chi connectivity index (χ1v) is 8.06. The molecule has 0 spiro atoms. The molecule has 2 heterocycles. The van der Waals surface area contributed by atoms with Crippen molar-refractivity contribution < 1.29 is 13.9 Å². The van der Waals surface area contributed by atoms with Gasteiger partial charge in [0.1, 0.15) is 29.7 Å². The van der Waals surface area contributed by atoms with Gasteiger partial charge in [-0.2, -0.15) is 10.1 Å². The summed E-state index contributed by atoms with van der Waals surface area (Å²) in [7, 11) is 3.22. The van der Waals surface area contributed by atoms with Gasteiger partial charge in [0.2, 0.25) is 5.95 Å². The van der Waals surface area contributed by atoms with Crippen LogP contribution in [0, 0.1) is 5.82 Å². The zero-order chi connectivity index (χ0) is 18.1. The topological polar surface area (TPSA) is 61.2 Å². The van der Waals surface area contributed by atoms with E-state index in [0.29, 0.717) is 17.4 Å². The van der Waals surface area contributed by atoms with Crippen LogP contribution in [0.1, 0.15) is 17.2 Å². The highest BCUT2D eigenvalue weighted by atomic mass is 19.1. The van der Waals surface area contributed by atoms with Gasteiger partial charge < -0.3 is 14.8 Å². The molecule has 26 heavy (non-hydrogen) atoms. The lowest BCUT2D eigenvalue weighted by molar-refractivity contribution is 0.393. The SMILES string of the molecule is COc1ccc(C2=C[C@@H](c3ccc(F)cc3)n3ncnc3N2)c(OC)c1. The fraction of sp³-hybridized carbons (Fsp3) is 0.158. The van der Waals surface area contributed by atoms with Crippen molar-refractivity contribution in [2.75, 3.05) is 19.5 Å². The first-order chi connectivity index (χ1) is 12.7. The molecule has 0 radical (unpaired) electrons. The summed E-state index contributed by atoms with van der Waals surface area (Å²) in [5, 5.41) is 7.56. The van der Waals surface area contributed by atoms with Crippen LogP contribution in [-0.4, -0.2) is 29.0 Å². The highest BCUT2D eigenvalue weighted by Gasteiger charge is 2.24. The Balaban J connectivity index is 1.81. The lowest BCUT2D eigenvalue weighted by atomic mass is 10.0. The predicted octanol–water partition coefficient (Wildman–Crippen LogP) is 3.49. The number of hydrogen-bond acceptors (Lipinski definition) is 5. The molecule has 0 bridgehead atoms. The summed E-state index contributed by atoms with van der Waals surface area (Å²) in [5.41, 5.74) is 2.61. The van der Waals surface area contributed by atoms with Crippen molar-refractivity contribution in [3.8, 4) is 11.5 Å². The highest BCUT2D eigenvalue weighted by molar-refractivity contribution is 5.80. The summed E-state index contributed by atoms with van der Waals surface area (Å²) in [5.74, 6) is 1.71. The summed E-state index contributed by atoms with van der Waals surface area (Å²) in [6.07, 6.45) is 3.50. The number of benzene rings is 2. The zero-order valence-electron chi connectivity index (χ0n) is 14.3. The van der Waals surface area contributed by atoms with Crippen molar-refractivity contribution in [1.82, 2.24) is 14.8 Å². The highest BCUT2D eigenvalue weighted by Crippen LogP contribution is 2.36. The number of rotatable bonds is 4. The molecule has 0 unspecified atom stereocenters. The number of hydrogen-bond donors (Lipinski definition) is 1. The molecular formula is C19H17FN4O2. The molecule has 0 aliphatic carbocycles. The second kappa shape index (κ2) is 6.51. The van der Waals surface area contributed by atoms with Crippen LogP contribution in [0.2, 0.25) is 0 Å². The van der Waals surface area contributed by atoms with E-state index in [-0.39, 0.29) is 11.9 Å². The van der Waals surface area contributed by atoms with E-state index in [4.69, 9.17) is 9.47 Å². The Morgan fingerprint density at radius 1 is 1.08 bits per heavy atom. The largest absolute Gasteiger partial charge is 0.497 e. The van der Waals surface area contributed by atoms with E-state index in [1.807, 2.05) is 24.3 Å². The van der Waals surface area contributed by atoms with Gasteiger partial charge in [-0.1, -0.05) is 12.1 Å². The molecule has 132 valence electrons.